The summed E-state index contributed by atoms with van der Waals surface area (Å²) in [6, 6.07) is 53.5. The molecule has 2 saturated heterocycles. The first kappa shape index (κ1) is 24.9. The molecule has 0 aromatic heterocycles. The summed E-state index contributed by atoms with van der Waals surface area (Å²) in [6.07, 6.45) is 0.502. The van der Waals surface area contributed by atoms with Gasteiger partial charge < -0.3 is 9.47 Å². The minimum Gasteiger partial charge on any atom is -0.362 e. The van der Waals surface area contributed by atoms with E-state index in [9.17, 15) is 0 Å². The van der Waals surface area contributed by atoms with Crippen LogP contribution in [-0.2, 0) is 9.47 Å². The maximum absolute atomic E-state index is 6.51. The normalized spacial score (nSPS) is 21.6. The molecule has 6 aromatic rings. The second-order valence-corrected chi connectivity index (χ2v) is 15.4. The number of benzene rings is 6. The molecule has 2 heterocycles. The van der Waals surface area contributed by atoms with E-state index < -0.39 is 15.8 Å². The molecule has 4 atom stereocenters. The lowest BCUT2D eigenvalue weighted by Gasteiger charge is -2.31. The molecule has 202 valence electrons. The van der Waals surface area contributed by atoms with Crippen LogP contribution in [0.1, 0.15) is 23.3 Å². The SMILES string of the molecule is c1ccc(P(c2ccccc2)c2c3c(c(P(c4ccccc4)c4ccccc4)c4ccccc24)C2OC2C2OC32)cc1. The van der Waals surface area contributed by atoms with Crippen molar-refractivity contribution >= 4 is 58.4 Å². The molecule has 1 aliphatic carbocycles. The third-order valence-electron chi connectivity index (χ3n) is 8.69. The molecular formula is C38H28O2P2. The van der Waals surface area contributed by atoms with Crippen molar-refractivity contribution in [3.63, 3.8) is 0 Å². The first-order chi connectivity index (χ1) is 20.9. The van der Waals surface area contributed by atoms with Gasteiger partial charge in [0.1, 0.15) is 24.4 Å². The summed E-state index contributed by atoms with van der Waals surface area (Å²) in [5.41, 5.74) is 2.79. The van der Waals surface area contributed by atoms with Crippen LogP contribution in [0.5, 0.6) is 0 Å². The minimum atomic E-state index is -0.829. The molecule has 0 N–H and O–H groups in total. The summed E-state index contributed by atoms with van der Waals surface area (Å²) in [5, 5.41) is 11.0. The maximum atomic E-state index is 6.51. The fourth-order valence-electron chi connectivity index (χ4n) is 6.83. The highest BCUT2D eigenvalue weighted by Gasteiger charge is 2.65. The third-order valence-corrected chi connectivity index (χ3v) is 13.8. The molecule has 0 saturated carbocycles. The lowest BCUT2D eigenvalue weighted by atomic mass is 9.89. The van der Waals surface area contributed by atoms with Crippen LogP contribution < -0.4 is 31.8 Å². The Bertz CT molecular complexity index is 1690. The molecule has 2 fully saturated rings. The lowest BCUT2D eigenvalue weighted by molar-refractivity contribution is 0.304. The molecule has 2 nitrogen and oxygen atoms in total. The number of rotatable bonds is 6. The van der Waals surface area contributed by atoms with Gasteiger partial charge in [-0.25, -0.2) is 0 Å². The third kappa shape index (κ3) is 3.94. The highest BCUT2D eigenvalue weighted by atomic mass is 31.1. The van der Waals surface area contributed by atoms with Gasteiger partial charge >= 0.3 is 0 Å². The Labute approximate surface area is 248 Å². The smallest absolute Gasteiger partial charge is 0.118 e. The number of epoxide rings is 2. The van der Waals surface area contributed by atoms with Gasteiger partial charge in [0.2, 0.25) is 0 Å². The molecule has 0 spiro atoms. The van der Waals surface area contributed by atoms with Crippen LogP contribution in [0.3, 0.4) is 0 Å². The molecule has 2 aliphatic heterocycles. The van der Waals surface area contributed by atoms with Crippen molar-refractivity contribution in [1.29, 1.82) is 0 Å². The molecule has 4 heteroatoms. The van der Waals surface area contributed by atoms with E-state index in [4.69, 9.17) is 9.47 Å². The van der Waals surface area contributed by atoms with Crippen molar-refractivity contribution in [3.05, 3.63) is 157 Å². The Morgan fingerprint density at radius 3 is 0.952 bits per heavy atom. The van der Waals surface area contributed by atoms with Crippen LogP contribution in [0, 0.1) is 0 Å². The van der Waals surface area contributed by atoms with Gasteiger partial charge in [-0.15, -0.1) is 0 Å². The molecule has 42 heavy (non-hydrogen) atoms. The van der Waals surface area contributed by atoms with Crippen molar-refractivity contribution in [2.75, 3.05) is 0 Å². The number of ether oxygens (including phenoxy) is 2. The molecule has 6 aromatic carbocycles. The Balaban J connectivity index is 1.42. The Morgan fingerprint density at radius 1 is 0.357 bits per heavy atom. The van der Waals surface area contributed by atoms with Crippen molar-refractivity contribution in [2.24, 2.45) is 0 Å². The van der Waals surface area contributed by atoms with E-state index in [-0.39, 0.29) is 24.4 Å². The standard InChI is InChI=1S/C38H28O2P2/c1-5-15-25(16-6-1)41(26-17-7-2-8-18-26)37-29-23-13-14-24-30(29)38(32-31(37)33-35(39-33)36-34(32)40-36)42(27-19-9-3-10-20-27)28-21-11-4-12-22-28/h1-24,33-36H. The summed E-state index contributed by atoms with van der Waals surface area (Å²) in [4.78, 5) is 0. The summed E-state index contributed by atoms with van der Waals surface area (Å²) in [5.74, 6) is 0. The van der Waals surface area contributed by atoms with Crippen LogP contribution in [0.25, 0.3) is 10.8 Å². The summed E-state index contributed by atoms with van der Waals surface area (Å²) in [6.45, 7) is 0. The van der Waals surface area contributed by atoms with Crippen LogP contribution in [0.4, 0.5) is 0 Å². The molecule has 0 radical (unpaired) electrons. The van der Waals surface area contributed by atoms with Crippen molar-refractivity contribution in [2.45, 2.75) is 24.4 Å². The van der Waals surface area contributed by atoms with Crippen LogP contribution in [0.15, 0.2) is 146 Å². The highest BCUT2D eigenvalue weighted by molar-refractivity contribution is 7.81. The summed E-state index contributed by atoms with van der Waals surface area (Å²) in [7, 11) is -1.66. The molecule has 4 unspecified atom stereocenters. The monoisotopic (exact) mass is 578 g/mol. The average molecular weight is 579 g/mol. The van der Waals surface area contributed by atoms with E-state index in [0.717, 1.165) is 0 Å². The minimum absolute atomic E-state index is 0.0860. The Morgan fingerprint density at radius 2 is 0.643 bits per heavy atom. The zero-order valence-corrected chi connectivity index (χ0v) is 24.7. The van der Waals surface area contributed by atoms with Crippen LogP contribution in [-0.4, -0.2) is 12.2 Å². The van der Waals surface area contributed by atoms with Gasteiger partial charge in [-0.3, -0.25) is 0 Å². The lowest BCUT2D eigenvalue weighted by Crippen LogP contribution is -2.33. The van der Waals surface area contributed by atoms with Gasteiger partial charge in [-0.2, -0.15) is 0 Å². The second-order valence-electron chi connectivity index (χ2n) is 11.1. The maximum Gasteiger partial charge on any atom is 0.118 e. The zero-order chi connectivity index (χ0) is 27.6. The van der Waals surface area contributed by atoms with Crippen LogP contribution >= 0.6 is 15.8 Å². The summed E-state index contributed by atoms with van der Waals surface area (Å²) >= 11 is 0. The van der Waals surface area contributed by atoms with Gasteiger partial charge in [0.05, 0.1) is 0 Å². The van der Waals surface area contributed by atoms with E-state index in [0.29, 0.717) is 0 Å². The number of hydrogen-bond acceptors (Lipinski definition) is 2. The van der Waals surface area contributed by atoms with Crippen molar-refractivity contribution in [1.82, 2.24) is 0 Å². The number of hydrogen-bond donors (Lipinski definition) is 0. The van der Waals surface area contributed by atoms with Gasteiger partial charge in [0.15, 0.2) is 0 Å². The van der Waals surface area contributed by atoms with E-state index >= 15 is 0 Å². The zero-order valence-electron chi connectivity index (χ0n) is 22.9. The predicted octanol–water partition coefficient (Wildman–Crippen LogP) is 6.25. The fourth-order valence-corrected chi connectivity index (χ4v) is 12.2. The van der Waals surface area contributed by atoms with Gasteiger partial charge in [0, 0.05) is 0 Å². The first-order valence-electron chi connectivity index (χ1n) is 14.6. The molecule has 0 bridgehead atoms. The van der Waals surface area contributed by atoms with Crippen molar-refractivity contribution < 1.29 is 9.47 Å². The Hall–Kier alpha value is -3.64. The second kappa shape index (κ2) is 9.98. The number of fused-ring (bicyclic) bond motifs is 7. The Kier molecular flexibility index (Phi) is 5.92. The molecular weight excluding hydrogens is 550 g/mol. The predicted molar refractivity (Wildman–Crippen MR) is 177 cm³/mol. The molecule has 3 aliphatic rings. The summed E-state index contributed by atoms with van der Waals surface area (Å²) < 4.78 is 13.0. The van der Waals surface area contributed by atoms with E-state index in [2.05, 4.69) is 146 Å². The fraction of sp³-hybridized carbons (Fsp3) is 0.105. The van der Waals surface area contributed by atoms with Gasteiger partial charge in [-0.1, -0.05) is 146 Å². The van der Waals surface area contributed by atoms with Gasteiger partial charge in [-0.05, 0) is 69.6 Å². The molecule has 9 rings (SSSR count). The topological polar surface area (TPSA) is 25.1 Å². The van der Waals surface area contributed by atoms with E-state index in [1.807, 2.05) is 0 Å². The van der Waals surface area contributed by atoms with Gasteiger partial charge in [0.25, 0.3) is 0 Å². The van der Waals surface area contributed by atoms with E-state index in [1.54, 1.807) is 0 Å². The van der Waals surface area contributed by atoms with Crippen molar-refractivity contribution in [3.8, 4) is 0 Å². The average Bonchev–Trinajstić information content (AvgIpc) is 3.99. The van der Waals surface area contributed by atoms with Crippen LogP contribution in [0.2, 0.25) is 0 Å². The first-order valence-corrected chi connectivity index (χ1v) is 17.3. The quantitative estimate of drug-likeness (QED) is 0.173. The van der Waals surface area contributed by atoms with E-state index in [1.165, 1.54) is 53.7 Å². The highest BCUT2D eigenvalue weighted by Crippen LogP contribution is 2.63. The molecule has 0 amide bonds. The largest absolute Gasteiger partial charge is 0.362 e.